The molecule has 3 aromatic rings. The fourth-order valence-corrected chi connectivity index (χ4v) is 3.67. The van der Waals surface area contributed by atoms with E-state index in [1.807, 2.05) is 31.2 Å². The lowest BCUT2D eigenvalue weighted by molar-refractivity contribution is 0.102. The van der Waals surface area contributed by atoms with Crippen LogP contribution in [0.25, 0.3) is 5.69 Å². The summed E-state index contributed by atoms with van der Waals surface area (Å²) >= 11 is 0. The Kier molecular flexibility index (Phi) is 4.86. The minimum absolute atomic E-state index is 0.0207. The molecular formula is C19H20N4O3S. The summed E-state index contributed by atoms with van der Waals surface area (Å²) in [5.41, 5.74) is 3.86. The van der Waals surface area contributed by atoms with Crippen LogP contribution in [0.4, 0.5) is 5.69 Å². The van der Waals surface area contributed by atoms with E-state index < -0.39 is 10.0 Å². The van der Waals surface area contributed by atoms with Crippen molar-refractivity contribution in [3.8, 4) is 5.69 Å². The molecule has 3 N–H and O–H groups in total. The largest absolute Gasteiger partial charge is 0.322 e. The van der Waals surface area contributed by atoms with Gasteiger partial charge in [-0.2, -0.15) is 5.10 Å². The molecule has 8 heteroatoms. The number of carbonyl (C=O) groups excluding carboxylic acids is 1. The van der Waals surface area contributed by atoms with Gasteiger partial charge in [-0.15, -0.1) is 0 Å². The molecule has 0 radical (unpaired) electrons. The number of nitrogens with two attached hydrogens (primary N) is 1. The van der Waals surface area contributed by atoms with Crippen LogP contribution < -0.4 is 10.5 Å². The maximum Gasteiger partial charge on any atom is 0.259 e. The molecule has 0 fully saturated rings. The highest BCUT2D eigenvalue weighted by Gasteiger charge is 2.18. The van der Waals surface area contributed by atoms with Gasteiger partial charge in [-0.3, -0.25) is 4.79 Å². The number of primary sulfonamides is 1. The number of hydrogen-bond donors (Lipinski definition) is 2. The van der Waals surface area contributed by atoms with Gasteiger partial charge < -0.3 is 5.32 Å². The van der Waals surface area contributed by atoms with Gasteiger partial charge in [0.1, 0.15) is 0 Å². The molecule has 7 nitrogen and oxygen atoms in total. The van der Waals surface area contributed by atoms with Crippen molar-refractivity contribution in [2.75, 3.05) is 5.32 Å². The van der Waals surface area contributed by atoms with Crippen molar-refractivity contribution in [1.82, 2.24) is 9.78 Å². The van der Waals surface area contributed by atoms with Gasteiger partial charge >= 0.3 is 0 Å². The fraction of sp³-hybridized carbons (Fsp3) is 0.158. The van der Waals surface area contributed by atoms with Gasteiger partial charge in [-0.1, -0.05) is 24.3 Å². The van der Waals surface area contributed by atoms with Gasteiger partial charge in [0.25, 0.3) is 5.91 Å². The number of nitrogens with zero attached hydrogens (tertiary/aromatic N) is 2. The summed E-state index contributed by atoms with van der Waals surface area (Å²) in [6, 6.07) is 12.3. The zero-order chi connectivity index (χ0) is 19.8. The van der Waals surface area contributed by atoms with Crippen LogP contribution in [0.5, 0.6) is 0 Å². The first-order chi connectivity index (χ1) is 12.7. The van der Waals surface area contributed by atoms with Crippen LogP contribution in [0.2, 0.25) is 0 Å². The van der Waals surface area contributed by atoms with E-state index in [9.17, 15) is 13.2 Å². The first-order valence-corrected chi connectivity index (χ1v) is 9.78. The lowest BCUT2D eigenvalue weighted by Crippen LogP contribution is -2.16. The van der Waals surface area contributed by atoms with Crippen molar-refractivity contribution in [3.63, 3.8) is 0 Å². The van der Waals surface area contributed by atoms with E-state index in [1.54, 1.807) is 30.7 Å². The Balaban J connectivity index is 1.92. The van der Waals surface area contributed by atoms with Crippen molar-refractivity contribution in [2.24, 2.45) is 5.14 Å². The van der Waals surface area contributed by atoms with Gasteiger partial charge in [0, 0.05) is 5.69 Å². The summed E-state index contributed by atoms with van der Waals surface area (Å²) in [6.45, 7) is 5.41. The Labute approximate surface area is 157 Å². The van der Waals surface area contributed by atoms with E-state index in [-0.39, 0.29) is 10.8 Å². The molecule has 140 valence electrons. The summed E-state index contributed by atoms with van der Waals surface area (Å²) in [5, 5.41) is 12.2. The predicted molar refractivity (Wildman–Crippen MR) is 104 cm³/mol. The maximum absolute atomic E-state index is 12.7. The van der Waals surface area contributed by atoms with E-state index in [4.69, 9.17) is 5.14 Å². The minimum atomic E-state index is -3.87. The molecule has 0 atom stereocenters. The SMILES string of the molecule is Cc1ccccc1-n1ncc(C(=O)Nc2ccc(C)c(S(N)(=O)=O)c2)c1C. The van der Waals surface area contributed by atoms with Crippen molar-refractivity contribution in [2.45, 2.75) is 25.7 Å². The van der Waals surface area contributed by atoms with Crippen LogP contribution in [0.3, 0.4) is 0 Å². The summed E-state index contributed by atoms with van der Waals surface area (Å²) in [4.78, 5) is 12.6. The topological polar surface area (TPSA) is 107 Å². The minimum Gasteiger partial charge on any atom is -0.322 e. The lowest BCUT2D eigenvalue weighted by atomic mass is 10.2. The van der Waals surface area contributed by atoms with Crippen LogP contribution in [0.1, 0.15) is 27.2 Å². The molecule has 0 aliphatic carbocycles. The third-order valence-corrected chi connectivity index (χ3v) is 5.40. The van der Waals surface area contributed by atoms with Gasteiger partial charge in [-0.25, -0.2) is 18.2 Å². The normalized spacial score (nSPS) is 11.4. The van der Waals surface area contributed by atoms with Gasteiger partial charge in [-0.05, 0) is 50.1 Å². The van der Waals surface area contributed by atoms with Crippen LogP contribution in [0, 0.1) is 20.8 Å². The molecule has 0 aliphatic rings. The number of nitrogens with one attached hydrogen (secondary N) is 1. The van der Waals surface area contributed by atoms with Crippen molar-refractivity contribution in [1.29, 1.82) is 0 Å². The molecule has 0 aliphatic heterocycles. The number of rotatable bonds is 4. The quantitative estimate of drug-likeness (QED) is 0.721. The third-order valence-electron chi connectivity index (χ3n) is 4.35. The second-order valence-electron chi connectivity index (χ2n) is 6.32. The molecule has 0 unspecified atom stereocenters. The molecule has 1 aromatic heterocycles. The highest BCUT2D eigenvalue weighted by Crippen LogP contribution is 2.21. The number of hydrogen-bond acceptors (Lipinski definition) is 4. The maximum atomic E-state index is 12.7. The average Bonchev–Trinajstić information content (AvgIpc) is 2.97. The van der Waals surface area contributed by atoms with E-state index >= 15 is 0 Å². The molecule has 1 heterocycles. The van der Waals surface area contributed by atoms with E-state index in [2.05, 4.69) is 10.4 Å². The van der Waals surface area contributed by atoms with E-state index in [0.717, 1.165) is 11.3 Å². The van der Waals surface area contributed by atoms with Crippen LogP contribution in [-0.2, 0) is 10.0 Å². The van der Waals surface area contributed by atoms with E-state index in [0.29, 0.717) is 22.5 Å². The van der Waals surface area contributed by atoms with Crippen LogP contribution in [-0.4, -0.2) is 24.1 Å². The Hall–Kier alpha value is -2.97. The fourth-order valence-electron chi connectivity index (χ4n) is 2.86. The Morgan fingerprint density at radius 2 is 1.78 bits per heavy atom. The van der Waals surface area contributed by atoms with Crippen LogP contribution in [0.15, 0.2) is 53.6 Å². The number of aryl methyl sites for hydroxylation is 2. The first kappa shape index (κ1) is 18.8. The number of aromatic nitrogens is 2. The molecule has 0 spiro atoms. The molecule has 1 amide bonds. The highest BCUT2D eigenvalue weighted by molar-refractivity contribution is 7.89. The third kappa shape index (κ3) is 3.76. The Morgan fingerprint density at radius 3 is 2.44 bits per heavy atom. The number of anilines is 1. The summed E-state index contributed by atoms with van der Waals surface area (Å²) in [5.74, 6) is -0.378. The number of benzene rings is 2. The van der Waals surface area contributed by atoms with Gasteiger partial charge in [0.05, 0.1) is 28.0 Å². The number of carbonyl (C=O) groups is 1. The lowest BCUT2D eigenvalue weighted by Gasteiger charge is -2.10. The molecule has 0 bridgehead atoms. The Morgan fingerprint density at radius 1 is 1.07 bits per heavy atom. The molecule has 0 saturated heterocycles. The van der Waals surface area contributed by atoms with E-state index in [1.165, 1.54) is 12.3 Å². The number of sulfonamides is 1. The second kappa shape index (κ2) is 6.98. The monoisotopic (exact) mass is 384 g/mol. The zero-order valence-corrected chi connectivity index (χ0v) is 16.0. The number of para-hydroxylation sites is 1. The Bertz CT molecular complexity index is 1130. The standard InChI is InChI=1S/C19H20N4O3S/c1-12-6-4-5-7-17(12)23-14(3)16(11-21-23)19(24)22-15-9-8-13(2)18(10-15)27(20,25)26/h4-11H,1-3H3,(H,22,24)(H2,20,25,26). The van der Waals surface area contributed by atoms with Gasteiger partial charge in [0.15, 0.2) is 0 Å². The first-order valence-electron chi connectivity index (χ1n) is 8.24. The molecule has 3 rings (SSSR count). The van der Waals surface area contributed by atoms with Gasteiger partial charge in [0.2, 0.25) is 10.0 Å². The van der Waals surface area contributed by atoms with Crippen molar-refractivity contribution < 1.29 is 13.2 Å². The van der Waals surface area contributed by atoms with Crippen LogP contribution >= 0.6 is 0 Å². The molecule has 0 saturated carbocycles. The molecule has 27 heavy (non-hydrogen) atoms. The van der Waals surface area contributed by atoms with Crippen molar-refractivity contribution in [3.05, 3.63) is 71.0 Å². The molecular weight excluding hydrogens is 364 g/mol. The second-order valence-corrected chi connectivity index (χ2v) is 7.85. The average molecular weight is 384 g/mol. The highest BCUT2D eigenvalue weighted by atomic mass is 32.2. The summed E-state index contributed by atoms with van der Waals surface area (Å²) < 4.78 is 25.0. The predicted octanol–water partition coefficient (Wildman–Crippen LogP) is 2.70. The smallest absolute Gasteiger partial charge is 0.259 e. The van der Waals surface area contributed by atoms with Crippen molar-refractivity contribution >= 4 is 21.6 Å². The molecule has 2 aromatic carbocycles. The summed E-state index contributed by atoms with van der Waals surface area (Å²) in [6.07, 6.45) is 1.49. The summed E-state index contributed by atoms with van der Waals surface area (Å²) in [7, 11) is -3.87. The number of amides is 1. The zero-order valence-electron chi connectivity index (χ0n) is 15.2.